The van der Waals surface area contributed by atoms with Gasteiger partial charge >= 0.3 is 12.0 Å². The Morgan fingerprint density at radius 1 is 1.39 bits per heavy atom. The Bertz CT molecular complexity index is 459. The van der Waals surface area contributed by atoms with Crippen LogP contribution in [0.2, 0.25) is 0 Å². The molecule has 5 nitrogen and oxygen atoms in total. The summed E-state index contributed by atoms with van der Waals surface area (Å²) in [5.41, 5.74) is 0.397. The maximum atomic E-state index is 11.7. The number of aliphatic carboxylic acids is 1. The van der Waals surface area contributed by atoms with Gasteiger partial charge in [0.25, 0.3) is 0 Å². The molecule has 18 heavy (non-hydrogen) atoms. The van der Waals surface area contributed by atoms with Crippen LogP contribution < -0.4 is 10.6 Å². The topological polar surface area (TPSA) is 78.4 Å². The van der Waals surface area contributed by atoms with Gasteiger partial charge in [-0.3, -0.25) is 0 Å². The van der Waals surface area contributed by atoms with Gasteiger partial charge in [-0.25, -0.2) is 9.59 Å². The maximum absolute atomic E-state index is 11.7. The highest BCUT2D eigenvalue weighted by Crippen LogP contribution is 2.12. The van der Waals surface area contributed by atoms with Gasteiger partial charge in [0, 0.05) is 5.69 Å². The van der Waals surface area contributed by atoms with Crippen molar-refractivity contribution < 1.29 is 14.7 Å². The van der Waals surface area contributed by atoms with Crippen LogP contribution in [0.5, 0.6) is 0 Å². The molecule has 98 valence electrons. The standard InChI is InChI=1S/C13H18N2O3/c1-4-13(3,11(16)17)15-12(18)14-10-7-5-6-9(2)8-10/h5-8H,4H2,1-3H3,(H,16,17)(H2,14,15,18). The largest absolute Gasteiger partial charge is 0.480 e. The minimum atomic E-state index is -1.26. The fraction of sp³-hybridized carbons (Fsp3) is 0.385. The highest BCUT2D eigenvalue weighted by molar-refractivity contribution is 5.93. The first-order valence-electron chi connectivity index (χ1n) is 5.76. The van der Waals surface area contributed by atoms with E-state index in [4.69, 9.17) is 5.11 Å². The molecule has 5 heteroatoms. The Morgan fingerprint density at radius 2 is 2.06 bits per heavy atom. The van der Waals surface area contributed by atoms with E-state index in [1.165, 1.54) is 6.92 Å². The zero-order valence-corrected chi connectivity index (χ0v) is 10.8. The van der Waals surface area contributed by atoms with Gasteiger partial charge < -0.3 is 15.7 Å². The van der Waals surface area contributed by atoms with E-state index in [1.54, 1.807) is 13.0 Å². The van der Waals surface area contributed by atoms with Crippen LogP contribution in [0.3, 0.4) is 0 Å². The third-order valence-electron chi connectivity index (χ3n) is 2.84. The Kier molecular flexibility index (Phi) is 4.31. The molecule has 0 aliphatic heterocycles. The van der Waals surface area contributed by atoms with Crippen molar-refractivity contribution in [3.8, 4) is 0 Å². The van der Waals surface area contributed by atoms with Gasteiger partial charge in [-0.05, 0) is 38.0 Å². The number of hydrogen-bond donors (Lipinski definition) is 3. The Hall–Kier alpha value is -2.04. The van der Waals surface area contributed by atoms with Crippen molar-refractivity contribution in [2.45, 2.75) is 32.7 Å². The molecule has 0 fully saturated rings. The number of carboxylic acids is 1. The number of aryl methyl sites for hydroxylation is 1. The van der Waals surface area contributed by atoms with Gasteiger partial charge in [-0.2, -0.15) is 0 Å². The van der Waals surface area contributed by atoms with Crippen LogP contribution in [0.4, 0.5) is 10.5 Å². The van der Waals surface area contributed by atoms with Crippen LogP contribution in [0, 0.1) is 6.92 Å². The van der Waals surface area contributed by atoms with Crippen LogP contribution in [0.15, 0.2) is 24.3 Å². The number of benzene rings is 1. The Morgan fingerprint density at radius 3 is 2.56 bits per heavy atom. The summed E-state index contributed by atoms with van der Waals surface area (Å²) >= 11 is 0. The third kappa shape index (κ3) is 3.48. The first-order valence-corrected chi connectivity index (χ1v) is 5.76. The number of hydrogen-bond acceptors (Lipinski definition) is 2. The van der Waals surface area contributed by atoms with Crippen LogP contribution in [-0.4, -0.2) is 22.6 Å². The van der Waals surface area contributed by atoms with Gasteiger partial charge in [-0.15, -0.1) is 0 Å². The summed E-state index contributed by atoms with van der Waals surface area (Å²) in [4.78, 5) is 22.8. The molecule has 0 saturated carbocycles. The molecule has 0 spiro atoms. The van der Waals surface area contributed by atoms with Crippen molar-refractivity contribution in [2.75, 3.05) is 5.32 Å². The molecule has 0 radical (unpaired) electrons. The number of rotatable bonds is 4. The lowest BCUT2D eigenvalue weighted by Gasteiger charge is -2.24. The number of anilines is 1. The summed E-state index contributed by atoms with van der Waals surface area (Å²) in [5, 5.41) is 14.1. The molecule has 0 saturated heterocycles. The number of urea groups is 1. The average molecular weight is 250 g/mol. The zero-order valence-electron chi connectivity index (χ0n) is 10.8. The monoisotopic (exact) mass is 250 g/mol. The summed E-state index contributed by atoms with van der Waals surface area (Å²) in [6.45, 7) is 5.10. The van der Waals surface area contributed by atoms with E-state index in [2.05, 4.69) is 10.6 Å². The lowest BCUT2D eigenvalue weighted by Crippen LogP contribution is -2.53. The van der Waals surface area contributed by atoms with Crippen molar-refractivity contribution in [3.05, 3.63) is 29.8 Å². The highest BCUT2D eigenvalue weighted by Gasteiger charge is 2.32. The number of carbonyl (C=O) groups excluding carboxylic acids is 1. The summed E-state index contributed by atoms with van der Waals surface area (Å²) < 4.78 is 0. The predicted octanol–water partition coefficient (Wildman–Crippen LogP) is 2.37. The smallest absolute Gasteiger partial charge is 0.329 e. The van der Waals surface area contributed by atoms with Gasteiger partial charge in [-0.1, -0.05) is 19.1 Å². The van der Waals surface area contributed by atoms with E-state index in [9.17, 15) is 9.59 Å². The van der Waals surface area contributed by atoms with E-state index >= 15 is 0 Å². The minimum absolute atomic E-state index is 0.309. The number of nitrogens with one attached hydrogen (secondary N) is 2. The highest BCUT2D eigenvalue weighted by atomic mass is 16.4. The van der Waals surface area contributed by atoms with E-state index < -0.39 is 17.5 Å². The molecule has 2 amide bonds. The molecule has 1 rings (SSSR count). The molecule has 0 heterocycles. The lowest BCUT2D eigenvalue weighted by atomic mass is 10.00. The normalized spacial score (nSPS) is 13.5. The summed E-state index contributed by atoms with van der Waals surface area (Å²) in [6.07, 6.45) is 0.309. The van der Waals surface area contributed by atoms with Crippen LogP contribution in [0.25, 0.3) is 0 Å². The molecule has 1 atom stereocenters. The first kappa shape index (κ1) is 14.0. The van der Waals surface area contributed by atoms with E-state index in [0.717, 1.165) is 5.56 Å². The van der Waals surface area contributed by atoms with Crippen molar-refractivity contribution in [1.82, 2.24) is 5.32 Å². The Labute approximate surface area is 106 Å². The SMILES string of the molecule is CCC(C)(NC(=O)Nc1cccc(C)c1)C(=O)O. The molecule has 1 aromatic rings. The number of carbonyl (C=O) groups is 2. The van der Waals surface area contributed by atoms with Gasteiger partial charge in [0.1, 0.15) is 5.54 Å². The molecule has 1 unspecified atom stereocenters. The average Bonchev–Trinajstić information content (AvgIpc) is 2.28. The fourth-order valence-corrected chi connectivity index (χ4v) is 1.43. The van der Waals surface area contributed by atoms with Crippen LogP contribution >= 0.6 is 0 Å². The van der Waals surface area contributed by atoms with Crippen LogP contribution in [0.1, 0.15) is 25.8 Å². The molecule has 3 N–H and O–H groups in total. The lowest BCUT2D eigenvalue weighted by molar-refractivity contribution is -0.143. The van der Waals surface area contributed by atoms with Gasteiger partial charge in [0.05, 0.1) is 0 Å². The number of carboxylic acid groups (broad SMARTS) is 1. The second-order valence-electron chi connectivity index (χ2n) is 4.44. The van der Waals surface area contributed by atoms with E-state index in [-0.39, 0.29) is 0 Å². The Balaban J connectivity index is 2.70. The molecular formula is C13H18N2O3. The molecule has 1 aromatic carbocycles. The number of amides is 2. The van der Waals surface area contributed by atoms with E-state index in [0.29, 0.717) is 12.1 Å². The molecule has 0 aliphatic carbocycles. The molecular weight excluding hydrogens is 232 g/mol. The van der Waals surface area contributed by atoms with Gasteiger partial charge in [0.2, 0.25) is 0 Å². The second kappa shape index (κ2) is 5.53. The summed E-state index contributed by atoms with van der Waals surface area (Å²) in [6, 6.07) is 6.77. The van der Waals surface area contributed by atoms with Crippen molar-refractivity contribution in [3.63, 3.8) is 0 Å². The maximum Gasteiger partial charge on any atom is 0.329 e. The molecule has 0 bridgehead atoms. The minimum Gasteiger partial charge on any atom is -0.480 e. The van der Waals surface area contributed by atoms with Gasteiger partial charge in [0.15, 0.2) is 0 Å². The van der Waals surface area contributed by atoms with Crippen LogP contribution in [-0.2, 0) is 4.79 Å². The predicted molar refractivity (Wildman–Crippen MR) is 69.7 cm³/mol. The van der Waals surface area contributed by atoms with Crippen molar-refractivity contribution in [1.29, 1.82) is 0 Å². The van der Waals surface area contributed by atoms with Crippen molar-refractivity contribution >= 4 is 17.7 Å². The summed E-state index contributed by atoms with van der Waals surface area (Å²) in [5.74, 6) is -1.05. The zero-order chi connectivity index (χ0) is 13.8. The third-order valence-corrected chi connectivity index (χ3v) is 2.84. The van der Waals surface area contributed by atoms with Crippen molar-refractivity contribution in [2.24, 2.45) is 0 Å². The molecule has 0 aliphatic rings. The molecule has 0 aromatic heterocycles. The van der Waals surface area contributed by atoms with E-state index in [1.807, 2.05) is 25.1 Å². The quantitative estimate of drug-likeness (QED) is 0.767. The first-order chi connectivity index (χ1) is 8.37. The summed E-state index contributed by atoms with van der Waals surface area (Å²) in [7, 11) is 0. The fourth-order valence-electron chi connectivity index (χ4n) is 1.43. The second-order valence-corrected chi connectivity index (χ2v) is 4.44.